The molecule has 0 bridgehead atoms. The third kappa shape index (κ3) is 2.39. The van der Waals surface area contributed by atoms with Gasteiger partial charge in [-0.25, -0.2) is 13.8 Å². The quantitative estimate of drug-likeness (QED) is 0.730. The fourth-order valence-electron chi connectivity index (χ4n) is 1.10. The molecule has 0 atom stereocenters. The summed E-state index contributed by atoms with van der Waals surface area (Å²) in [5.74, 6) is 0. The highest BCUT2D eigenvalue weighted by Crippen LogP contribution is 2.26. The minimum Gasteiger partial charge on any atom is -0.235 e. The Hall–Kier alpha value is -1.72. The minimum absolute atomic E-state index is 0.0353. The van der Waals surface area contributed by atoms with Gasteiger partial charge in [0.2, 0.25) is 0 Å². The van der Waals surface area contributed by atoms with Gasteiger partial charge in [0, 0.05) is 5.56 Å². The zero-order valence-electron chi connectivity index (χ0n) is 7.34. The van der Waals surface area contributed by atoms with Crippen LogP contribution in [0.1, 0.15) is 23.2 Å². The topological polar surface area (TPSA) is 60.5 Å². The van der Waals surface area contributed by atoms with Crippen LogP contribution in [0, 0.1) is 22.7 Å². The molecule has 0 aliphatic carbocycles. The van der Waals surface area contributed by atoms with Crippen molar-refractivity contribution >= 4 is 11.6 Å². The fraction of sp³-hybridized carbons (Fsp3) is 0.222. The van der Waals surface area contributed by atoms with Crippen LogP contribution in [-0.2, 0) is 6.42 Å². The second-order valence-electron chi connectivity index (χ2n) is 2.60. The van der Waals surface area contributed by atoms with Crippen molar-refractivity contribution in [2.45, 2.75) is 12.8 Å². The summed E-state index contributed by atoms with van der Waals surface area (Å²) in [5, 5.41) is 17.0. The van der Waals surface area contributed by atoms with Crippen LogP contribution >= 0.6 is 11.6 Å². The molecule has 0 spiro atoms. The first-order chi connectivity index (χ1) is 7.10. The molecule has 0 amide bonds. The first-order valence-corrected chi connectivity index (χ1v) is 4.22. The molecule has 15 heavy (non-hydrogen) atoms. The lowest BCUT2D eigenvalue weighted by atomic mass is 10.0. The maximum absolute atomic E-state index is 12.5. The van der Waals surface area contributed by atoms with Crippen LogP contribution in [0.25, 0.3) is 0 Å². The molecule has 6 heteroatoms. The third-order valence-electron chi connectivity index (χ3n) is 1.71. The smallest absolute Gasteiger partial charge is 0.235 e. The van der Waals surface area contributed by atoms with Crippen LogP contribution in [0.15, 0.2) is 6.07 Å². The predicted octanol–water partition coefficient (Wildman–Crippen LogP) is 2.61. The van der Waals surface area contributed by atoms with Crippen molar-refractivity contribution in [3.05, 3.63) is 28.0 Å². The Morgan fingerprint density at radius 1 is 1.47 bits per heavy atom. The van der Waals surface area contributed by atoms with E-state index in [9.17, 15) is 8.78 Å². The number of halogens is 3. The minimum atomic E-state index is -2.85. The SMILES string of the molecule is N#CCc1c(C#N)cc(Cl)nc1C(F)F. The van der Waals surface area contributed by atoms with Crippen LogP contribution in [0.2, 0.25) is 5.15 Å². The number of hydrogen-bond donors (Lipinski definition) is 0. The molecule has 0 fully saturated rings. The molecule has 76 valence electrons. The summed E-state index contributed by atoms with van der Waals surface area (Å²) >= 11 is 5.47. The molecule has 1 rings (SSSR count). The van der Waals surface area contributed by atoms with Gasteiger partial charge in [0.05, 0.1) is 24.1 Å². The normalized spacial score (nSPS) is 9.73. The number of pyridine rings is 1. The fourth-order valence-corrected chi connectivity index (χ4v) is 1.30. The van der Waals surface area contributed by atoms with Gasteiger partial charge in [-0.2, -0.15) is 10.5 Å². The van der Waals surface area contributed by atoms with Crippen LogP contribution in [0.5, 0.6) is 0 Å². The molecular formula is C9H4ClF2N3. The molecule has 0 N–H and O–H groups in total. The van der Waals surface area contributed by atoms with Crippen molar-refractivity contribution < 1.29 is 8.78 Å². The molecular weight excluding hydrogens is 224 g/mol. The number of rotatable bonds is 2. The molecule has 0 saturated heterocycles. The standard InChI is InChI=1S/C9H4ClF2N3/c10-7-3-5(4-14)6(1-2-13)8(15-7)9(11)12/h3,9H,1H2. The number of hydrogen-bond acceptors (Lipinski definition) is 3. The third-order valence-corrected chi connectivity index (χ3v) is 1.90. The second kappa shape index (κ2) is 4.68. The van der Waals surface area contributed by atoms with E-state index in [0.29, 0.717) is 0 Å². The second-order valence-corrected chi connectivity index (χ2v) is 2.99. The van der Waals surface area contributed by atoms with E-state index in [1.54, 1.807) is 12.1 Å². The zero-order chi connectivity index (χ0) is 11.4. The van der Waals surface area contributed by atoms with Gasteiger partial charge < -0.3 is 0 Å². The monoisotopic (exact) mass is 227 g/mol. The average Bonchev–Trinajstić information content (AvgIpc) is 2.19. The molecule has 1 aromatic rings. The number of nitrogens with zero attached hydrogens (tertiary/aromatic N) is 3. The van der Waals surface area contributed by atoms with Gasteiger partial charge in [0.15, 0.2) is 0 Å². The maximum atomic E-state index is 12.5. The van der Waals surface area contributed by atoms with E-state index < -0.39 is 12.1 Å². The Balaban J connectivity index is 3.43. The lowest BCUT2D eigenvalue weighted by Crippen LogP contribution is -2.02. The highest BCUT2D eigenvalue weighted by atomic mass is 35.5. The zero-order valence-corrected chi connectivity index (χ0v) is 8.09. The Morgan fingerprint density at radius 3 is 2.60 bits per heavy atom. The van der Waals surface area contributed by atoms with E-state index in [4.69, 9.17) is 22.1 Å². The highest BCUT2D eigenvalue weighted by Gasteiger charge is 2.19. The van der Waals surface area contributed by atoms with E-state index in [1.165, 1.54) is 6.07 Å². The largest absolute Gasteiger partial charge is 0.280 e. The molecule has 0 saturated carbocycles. The Morgan fingerprint density at radius 2 is 2.13 bits per heavy atom. The summed E-state index contributed by atoms with van der Waals surface area (Å²) in [5.41, 5.74) is -0.688. The van der Waals surface area contributed by atoms with Crippen molar-refractivity contribution in [3.8, 4) is 12.1 Å². The van der Waals surface area contributed by atoms with Crippen molar-refractivity contribution in [1.29, 1.82) is 10.5 Å². The van der Waals surface area contributed by atoms with Crippen molar-refractivity contribution in [2.75, 3.05) is 0 Å². The number of aromatic nitrogens is 1. The Bertz CT molecular complexity index is 460. The Labute approximate surface area is 89.5 Å². The van der Waals surface area contributed by atoms with Gasteiger partial charge in [-0.05, 0) is 6.07 Å². The molecule has 1 aromatic heterocycles. The van der Waals surface area contributed by atoms with Gasteiger partial charge >= 0.3 is 0 Å². The lowest BCUT2D eigenvalue weighted by molar-refractivity contribution is 0.145. The summed E-state index contributed by atoms with van der Waals surface area (Å²) in [6, 6.07) is 4.58. The maximum Gasteiger partial charge on any atom is 0.280 e. The van der Waals surface area contributed by atoms with Crippen LogP contribution in [-0.4, -0.2) is 4.98 Å². The van der Waals surface area contributed by atoms with Gasteiger partial charge in [-0.3, -0.25) is 0 Å². The first-order valence-electron chi connectivity index (χ1n) is 3.84. The van der Waals surface area contributed by atoms with Gasteiger partial charge in [0.25, 0.3) is 6.43 Å². The Kier molecular flexibility index (Phi) is 3.54. The van der Waals surface area contributed by atoms with Crippen molar-refractivity contribution in [2.24, 2.45) is 0 Å². The van der Waals surface area contributed by atoms with Gasteiger partial charge in [-0.1, -0.05) is 11.6 Å². The van der Waals surface area contributed by atoms with E-state index in [2.05, 4.69) is 4.98 Å². The number of nitriles is 2. The molecule has 0 unspecified atom stereocenters. The average molecular weight is 228 g/mol. The van der Waals surface area contributed by atoms with E-state index in [0.717, 1.165) is 0 Å². The molecule has 0 aliphatic rings. The molecule has 0 aromatic carbocycles. The summed E-state index contributed by atoms with van der Waals surface area (Å²) < 4.78 is 25.0. The summed E-state index contributed by atoms with van der Waals surface area (Å²) in [6.45, 7) is 0. The van der Waals surface area contributed by atoms with E-state index in [-0.39, 0.29) is 22.7 Å². The van der Waals surface area contributed by atoms with Gasteiger partial charge in [-0.15, -0.1) is 0 Å². The van der Waals surface area contributed by atoms with Crippen LogP contribution < -0.4 is 0 Å². The highest BCUT2D eigenvalue weighted by molar-refractivity contribution is 6.29. The summed E-state index contributed by atoms with van der Waals surface area (Å²) in [6.07, 6.45) is -3.13. The first kappa shape index (κ1) is 11.4. The van der Waals surface area contributed by atoms with Crippen molar-refractivity contribution in [1.82, 2.24) is 4.98 Å². The van der Waals surface area contributed by atoms with Crippen LogP contribution in [0.4, 0.5) is 8.78 Å². The van der Waals surface area contributed by atoms with Crippen LogP contribution in [0.3, 0.4) is 0 Å². The predicted molar refractivity (Wildman–Crippen MR) is 48.2 cm³/mol. The van der Waals surface area contributed by atoms with E-state index in [1.807, 2.05) is 0 Å². The van der Waals surface area contributed by atoms with E-state index >= 15 is 0 Å². The molecule has 0 aliphatic heterocycles. The molecule has 3 nitrogen and oxygen atoms in total. The molecule has 1 heterocycles. The summed E-state index contributed by atoms with van der Waals surface area (Å²) in [4.78, 5) is 3.41. The number of alkyl halides is 2. The van der Waals surface area contributed by atoms with Gasteiger partial charge in [0.1, 0.15) is 10.8 Å². The van der Waals surface area contributed by atoms with Crippen molar-refractivity contribution in [3.63, 3.8) is 0 Å². The molecule has 0 radical (unpaired) electrons. The lowest BCUT2D eigenvalue weighted by Gasteiger charge is -2.07. The summed E-state index contributed by atoms with van der Waals surface area (Å²) in [7, 11) is 0.